The molecule has 2 heteroatoms. The van der Waals surface area contributed by atoms with Gasteiger partial charge in [-0.25, -0.2) is 0 Å². The summed E-state index contributed by atoms with van der Waals surface area (Å²) in [6.07, 6.45) is 2.14. The molecule has 0 aromatic carbocycles. The van der Waals surface area contributed by atoms with Crippen LogP contribution in [0.2, 0.25) is 13.1 Å². The lowest BCUT2D eigenvalue weighted by molar-refractivity contribution is 0.422. The summed E-state index contributed by atoms with van der Waals surface area (Å²) in [4.78, 5) is 0. The quantitative estimate of drug-likeness (QED) is 0.480. The van der Waals surface area contributed by atoms with Crippen molar-refractivity contribution in [1.82, 2.24) is 0 Å². The first-order valence-electron chi connectivity index (χ1n) is 4.38. The van der Waals surface area contributed by atoms with Crippen LogP contribution in [0.25, 0.3) is 0 Å². The van der Waals surface area contributed by atoms with E-state index in [0.717, 1.165) is 5.76 Å². The van der Waals surface area contributed by atoms with E-state index >= 15 is 0 Å². The summed E-state index contributed by atoms with van der Waals surface area (Å²) in [6, 6.07) is 0. The maximum atomic E-state index is 5.78. The van der Waals surface area contributed by atoms with E-state index in [1.54, 1.807) is 0 Å². The van der Waals surface area contributed by atoms with Crippen LogP contribution >= 0.6 is 0 Å². The Balaban J connectivity index is 4.17. The molecule has 0 heterocycles. The third kappa shape index (κ3) is 5.19. The molecule has 0 aromatic rings. The molecule has 0 N–H and O–H groups in total. The van der Waals surface area contributed by atoms with Gasteiger partial charge in [0.1, 0.15) is 0 Å². The Morgan fingerprint density at radius 1 is 1.42 bits per heavy atom. The zero-order valence-electron chi connectivity index (χ0n) is 8.85. The monoisotopic (exact) mass is 184 g/mol. The van der Waals surface area contributed by atoms with Gasteiger partial charge >= 0.3 is 0 Å². The summed E-state index contributed by atoms with van der Waals surface area (Å²) in [6.45, 7) is 14.4. The van der Waals surface area contributed by atoms with Crippen LogP contribution in [-0.2, 0) is 4.43 Å². The lowest BCUT2D eigenvalue weighted by Gasteiger charge is -2.20. The minimum atomic E-state index is -1.61. The SMILES string of the molecule is C=C[Si](C)(C)O/C(C)=C/C(C)C. The number of rotatable bonds is 4. The standard InChI is InChI=1S/C10H20OSi/c1-7-12(5,6)11-10(4)8-9(2)3/h7-9H,1H2,2-6H3/b10-8+. The molecule has 0 fully saturated rings. The second kappa shape index (κ2) is 4.50. The van der Waals surface area contributed by atoms with Crippen molar-refractivity contribution >= 4 is 8.32 Å². The maximum Gasteiger partial charge on any atom is 0.268 e. The first-order chi connectivity index (χ1) is 5.37. The number of hydrogen-bond donors (Lipinski definition) is 0. The van der Waals surface area contributed by atoms with Gasteiger partial charge in [0.2, 0.25) is 0 Å². The predicted molar refractivity (Wildman–Crippen MR) is 57.4 cm³/mol. The van der Waals surface area contributed by atoms with Crippen LogP contribution in [0.3, 0.4) is 0 Å². The molecule has 0 amide bonds. The number of allylic oxidation sites excluding steroid dienone is 2. The molecule has 0 saturated heterocycles. The highest BCUT2D eigenvalue weighted by Gasteiger charge is 2.18. The van der Waals surface area contributed by atoms with E-state index in [0.29, 0.717) is 5.92 Å². The van der Waals surface area contributed by atoms with Gasteiger partial charge in [0, 0.05) is 0 Å². The van der Waals surface area contributed by atoms with Crippen LogP contribution in [-0.4, -0.2) is 8.32 Å². The molecule has 70 valence electrons. The molecule has 0 atom stereocenters. The van der Waals surface area contributed by atoms with Crippen molar-refractivity contribution in [1.29, 1.82) is 0 Å². The third-order valence-corrected chi connectivity index (χ3v) is 3.31. The Bertz CT molecular complexity index is 180. The fraction of sp³-hybridized carbons (Fsp3) is 0.600. The minimum Gasteiger partial charge on any atom is -0.544 e. The lowest BCUT2D eigenvalue weighted by atomic mass is 10.2. The van der Waals surface area contributed by atoms with E-state index in [1.807, 2.05) is 12.6 Å². The Morgan fingerprint density at radius 2 is 1.92 bits per heavy atom. The summed E-state index contributed by atoms with van der Waals surface area (Å²) in [5, 5.41) is 0. The summed E-state index contributed by atoms with van der Waals surface area (Å²) >= 11 is 0. The normalized spacial score (nSPS) is 13.3. The molecule has 0 aliphatic carbocycles. The Labute approximate surface area is 77.3 Å². The van der Waals surface area contributed by atoms with Crippen LogP contribution in [0.4, 0.5) is 0 Å². The molecule has 0 spiro atoms. The molecule has 0 saturated carbocycles. The molecule has 12 heavy (non-hydrogen) atoms. The van der Waals surface area contributed by atoms with Gasteiger partial charge in [-0.05, 0) is 32.0 Å². The zero-order valence-corrected chi connectivity index (χ0v) is 9.85. The van der Waals surface area contributed by atoms with E-state index in [9.17, 15) is 0 Å². The van der Waals surface area contributed by atoms with E-state index < -0.39 is 8.32 Å². The van der Waals surface area contributed by atoms with E-state index in [2.05, 4.69) is 39.6 Å². The predicted octanol–water partition coefficient (Wildman–Crippen LogP) is 3.49. The minimum absolute atomic E-state index is 0.555. The van der Waals surface area contributed by atoms with Crippen LogP contribution in [0.1, 0.15) is 20.8 Å². The average molecular weight is 184 g/mol. The first-order valence-corrected chi connectivity index (χ1v) is 7.37. The molecule has 0 unspecified atom stereocenters. The van der Waals surface area contributed by atoms with Crippen molar-refractivity contribution in [3.8, 4) is 0 Å². The van der Waals surface area contributed by atoms with Crippen molar-refractivity contribution in [2.24, 2.45) is 5.92 Å². The molecule has 1 nitrogen and oxygen atoms in total. The van der Waals surface area contributed by atoms with Crippen molar-refractivity contribution in [2.75, 3.05) is 0 Å². The molecule has 0 radical (unpaired) electrons. The Morgan fingerprint density at radius 3 is 2.25 bits per heavy atom. The highest BCUT2D eigenvalue weighted by atomic mass is 28.4. The Kier molecular flexibility index (Phi) is 4.32. The second-order valence-corrected chi connectivity index (χ2v) is 7.75. The third-order valence-electron chi connectivity index (χ3n) is 1.48. The Hall–Kier alpha value is -0.503. The highest BCUT2D eigenvalue weighted by Crippen LogP contribution is 2.12. The molecule has 0 aromatic heterocycles. The zero-order chi connectivity index (χ0) is 9.78. The fourth-order valence-electron chi connectivity index (χ4n) is 0.960. The smallest absolute Gasteiger partial charge is 0.268 e. The van der Waals surface area contributed by atoms with Gasteiger partial charge in [-0.15, -0.1) is 6.58 Å². The molecular formula is C10H20OSi. The fourth-order valence-corrected chi connectivity index (χ4v) is 1.94. The molecule has 0 aliphatic heterocycles. The van der Waals surface area contributed by atoms with Gasteiger partial charge in [0.15, 0.2) is 0 Å². The number of hydrogen-bond acceptors (Lipinski definition) is 1. The highest BCUT2D eigenvalue weighted by molar-refractivity contribution is 6.76. The average Bonchev–Trinajstić information content (AvgIpc) is 1.84. The van der Waals surface area contributed by atoms with Gasteiger partial charge in [-0.3, -0.25) is 0 Å². The molecule has 0 rings (SSSR count). The van der Waals surface area contributed by atoms with Crippen LogP contribution in [0.5, 0.6) is 0 Å². The van der Waals surface area contributed by atoms with Crippen molar-refractivity contribution in [3.63, 3.8) is 0 Å². The van der Waals surface area contributed by atoms with Crippen LogP contribution < -0.4 is 0 Å². The molecule has 0 bridgehead atoms. The molecule has 0 aliphatic rings. The van der Waals surface area contributed by atoms with Gasteiger partial charge in [0.25, 0.3) is 8.32 Å². The summed E-state index contributed by atoms with van der Waals surface area (Å²) < 4.78 is 5.78. The molecular weight excluding hydrogens is 164 g/mol. The van der Waals surface area contributed by atoms with E-state index in [4.69, 9.17) is 4.43 Å². The van der Waals surface area contributed by atoms with Gasteiger partial charge in [-0.1, -0.05) is 19.5 Å². The van der Waals surface area contributed by atoms with E-state index in [-0.39, 0.29) is 0 Å². The topological polar surface area (TPSA) is 9.23 Å². The van der Waals surface area contributed by atoms with Crippen molar-refractivity contribution < 1.29 is 4.43 Å². The summed E-state index contributed by atoms with van der Waals surface area (Å²) in [5.74, 6) is 1.58. The van der Waals surface area contributed by atoms with Crippen LogP contribution in [0, 0.1) is 5.92 Å². The van der Waals surface area contributed by atoms with Gasteiger partial charge in [0.05, 0.1) is 5.76 Å². The van der Waals surface area contributed by atoms with Gasteiger partial charge in [-0.2, -0.15) is 0 Å². The van der Waals surface area contributed by atoms with Crippen molar-refractivity contribution in [2.45, 2.75) is 33.9 Å². The van der Waals surface area contributed by atoms with E-state index in [1.165, 1.54) is 0 Å². The summed E-state index contributed by atoms with van der Waals surface area (Å²) in [5.41, 5.74) is 1.95. The van der Waals surface area contributed by atoms with Crippen molar-refractivity contribution in [3.05, 3.63) is 24.1 Å². The first kappa shape index (κ1) is 11.5. The second-order valence-electron chi connectivity index (χ2n) is 3.93. The lowest BCUT2D eigenvalue weighted by Crippen LogP contribution is -2.26. The largest absolute Gasteiger partial charge is 0.544 e. The summed E-state index contributed by atoms with van der Waals surface area (Å²) in [7, 11) is -1.61. The maximum absolute atomic E-state index is 5.78. The van der Waals surface area contributed by atoms with Crippen LogP contribution in [0.15, 0.2) is 24.1 Å². The van der Waals surface area contributed by atoms with Gasteiger partial charge < -0.3 is 4.43 Å².